The lowest BCUT2D eigenvalue weighted by Gasteiger charge is -2.08. The van der Waals surface area contributed by atoms with Crippen LogP contribution in [0.25, 0.3) is 10.9 Å². The maximum atomic E-state index is 12.1. The number of pyridine rings is 1. The zero-order chi connectivity index (χ0) is 16.9. The maximum Gasteiger partial charge on any atom is 0.251 e. The van der Waals surface area contributed by atoms with E-state index < -0.39 is 0 Å². The van der Waals surface area contributed by atoms with Crippen LogP contribution in [0.1, 0.15) is 23.1 Å². The molecule has 0 radical (unpaired) electrons. The Morgan fingerprint density at radius 3 is 2.62 bits per heavy atom. The summed E-state index contributed by atoms with van der Waals surface area (Å²) >= 11 is 0. The number of aryl methyl sites for hydroxylation is 2. The average Bonchev–Trinajstić information content (AvgIpc) is 2.59. The first-order chi connectivity index (χ1) is 11.6. The van der Waals surface area contributed by atoms with Crippen molar-refractivity contribution < 1.29 is 4.79 Å². The molecule has 2 aromatic carbocycles. The van der Waals surface area contributed by atoms with Crippen molar-refractivity contribution in [2.75, 3.05) is 0 Å². The van der Waals surface area contributed by atoms with Gasteiger partial charge >= 0.3 is 0 Å². The van der Waals surface area contributed by atoms with Crippen LogP contribution in [-0.2, 0) is 17.8 Å². The van der Waals surface area contributed by atoms with Crippen molar-refractivity contribution in [1.29, 1.82) is 0 Å². The van der Waals surface area contributed by atoms with Gasteiger partial charge in [-0.2, -0.15) is 0 Å². The highest BCUT2D eigenvalue weighted by Crippen LogP contribution is 2.11. The molecular formula is C20H20N2O2. The summed E-state index contributed by atoms with van der Waals surface area (Å²) < 4.78 is 0. The van der Waals surface area contributed by atoms with E-state index in [9.17, 15) is 9.59 Å². The minimum absolute atomic E-state index is 0.0502. The highest BCUT2D eigenvalue weighted by molar-refractivity contribution is 5.79. The zero-order valence-electron chi connectivity index (χ0n) is 13.6. The lowest BCUT2D eigenvalue weighted by atomic mass is 10.1. The number of hydrogen-bond donors (Lipinski definition) is 2. The Hall–Kier alpha value is -2.88. The molecule has 0 aliphatic rings. The standard InChI is InChI=1S/C20H20N2O2/c1-14-6-2-3-8-17(14)13-21-19(23)11-10-16-12-15-7-4-5-9-18(15)22-20(16)24/h2-9,12H,10-11,13H2,1H3,(H,21,23)(H,22,24). The van der Waals surface area contributed by atoms with Crippen molar-refractivity contribution in [2.24, 2.45) is 0 Å². The number of aromatic nitrogens is 1. The summed E-state index contributed by atoms with van der Waals surface area (Å²) in [6, 6.07) is 17.5. The average molecular weight is 320 g/mol. The minimum Gasteiger partial charge on any atom is -0.352 e. The normalized spacial score (nSPS) is 10.7. The summed E-state index contributed by atoms with van der Waals surface area (Å²) in [5.41, 5.74) is 3.59. The second kappa shape index (κ2) is 7.13. The van der Waals surface area contributed by atoms with E-state index >= 15 is 0 Å². The van der Waals surface area contributed by atoms with Crippen LogP contribution in [0.4, 0.5) is 0 Å². The molecule has 122 valence electrons. The van der Waals surface area contributed by atoms with E-state index in [0.29, 0.717) is 24.9 Å². The Labute approximate surface area is 140 Å². The molecule has 0 saturated carbocycles. The summed E-state index contributed by atoms with van der Waals surface area (Å²) in [5.74, 6) is -0.0502. The number of aromatic amines is 1. The Balaban J connectivity index is 1.61. The summed E-state index contributed by atoms with van der Waals surface area (Å²) in [4.78, 5) is 27.0. The van der Waals surface area contributed by atoms with Crippen LogP contribution < -0.4 is 10.9 Å². The third kappa shape index (κ3) is 3.71. The van der Waals surface area contributed by atoms with Crippen LogP contribution in [0.15, 0.2) is 59.4 Å². The minimum atomic E-state index is -0.125. The van der Waals surface area contributed by atoms with Crippen LogP contribution in [0.5, 0.6) is 0 Å². The third-order valence-electron chi connectivity index (χ3n) is 4.19. The Kier molecular flexibility index (Phi) is 4.75. The van der Waals surface area contributed by atoms with Gasteiger partial charge in [-0.1, -0.05) is 42.5 Å². The summed E-state index contributed by atoms with van der Waals surface area (Å²) in [7, 11) is 0. The van der Waals surface area contributed by atoms with Crippen LogP contribution in [-0.4, -0.2) is 10.9 Å². The van der Waals surface area contributed by atoms with Crippen molar-refractivity contribution in [3.63, 3.8) is 0 Å². The summed E-state index contributed by atoms with van der Waals surface area (Å²) in [6.45, 7) is 2.54. The molecule has 3 aromatic rings. The molecular weight excluding hydrogens is 300 g/mol. The van der Waals surface area contributed by atoms with E-state index in [4.69, 9.17) is 0 Å². The molecule has 0 bridgehead atoms. The molecule has 1 heterocycles. The lowest BCUT2D eigenvalue weighted by Crippen LogP contribution is -2.24. The number of H-pyrrole nitrogens is 1. The predicted octanol–water partition coefficient (Wildman–Crippen LogP) is 3.09. The van der Waals surface area contributed by atoms with Crippen LogP contribution in [0.3, 0.4) is 0 Å². The fourth-order valence-electron chi connectivity index (χ4n) is 2.72. The van der Waals surface area contributed by atoms with Crippen LogP contribution >= 0.6 is 0 Å². The molecule has 4 heteroatoms. The number of fused-ring (bicyclic) bond motifs is 1. The molecule has 0 aliphatic carbocycles. The van der Waals surface area contributed by atoms with E-state index in [1.54, 1.807) is 0 Å². The fraction of sp³-hybridized carbons (Fsp3) is 0.200. The van der Waals surface area contributed by atoms with Gasteiger partial charge in [0.05, 0.1) is 0 Å². The second-order valence-electron chi connectivity index (χ2n) is 5.91. The SMILES string of the molecule is Cc1ccccc1CNC(=O)CCc1cc2ccccc2[nH]c1=O. The molecule has 1 amide bonds. The highest BCUT2D eigenvalue weighted by atomic mass is 16.1. The number of carbonyl (C=O) groups excluding carboxylic acids is 1. The van der Waals surface area contributed by atoms with Gasteiger partial charge in [-0.3, -0.25) is 9.59 Å². The first-order valence-corrected chi connectivity index (χ1v) is 8.05. The van der Waals surface area contributed by atoms with E-state index in [1.807, 2.05) is 61.5 Å². The third-order valence-corrected chi connectivity index (χ3v) is 4.19. The fourth-order valence-corrected chi connectivity index (χ4v) is 2.72. The quantitative estimate of drug-likeness (QED) is 0.759. The number of para-hydroxylation sites is 1. The van der Waals surface area contributed by atoms with Gasteiger partial charge in [0.25, 0.3) is 5.56 Å². The van der Waals surface area contributed by atoms with Gasteiger partial charge in [0, 0.05) is 24.0 Å². The van der Waals surface area contributed by atoms with Gasteiger partial charge in [-0.15, -0.1) is 0 Å². The van der Waals surface area contributed by atoms with E-state index in [1.165, 1.54) is 0 Å². The number of benzene rings is 2. The molecule has 2 N–H and O–H groups in total. The molecule has 0 spiro atoms. The zero-order valence-corrected chi connectivity index (χ0v) is 13.6. The van der Waals surface area contributed by atoms with E-state index in [0.717, 1.165) is 22.0 Å². The van der Waals surface area contributed by atoms with E-state index in [-0.39, 0.29) is 11.5 Å². The van der Waals surface area contributed by atoms with Crippen molar-refractivity contribution in [3.05, 3.63) is 81.6 Å². The molecule has 4 nitrogen and oxygen atoms in total. The highest BCUT2D eigenvalue weighted by Gasteiger charge is 2.07. The number of rotatable bonds is 5. The van der Waals surface area contributed by atoms with E-state index in [2.05, 4.69) is 10.3 Å². The molecule has 3 rings (SSSR count). The van der Waals surface area contributed by atoms with Crippen molar-refractivity contribution in [3.8, 4) is 0 Å². The molecule has 0 unspecified atom stereocenters. The van der Waals surface area contributed by atoms with Gasteiger partial charge in [-0.25, -0.2) is 0 Å². The van der Waals surface area contributed by atoms with Gasteiger partial charge < -0.3 is 10.3 Å². The number of carbonyl (C=O) groups is 1. The van der Waals surface area contributed by atoms with Crippen molar-refractivity contribution in [1.82, 2.24) is 10.3 Å². The van der Waals surface area contributed by atoms with Crippen molar-refractivity contribution in [2.45, 2.75) is 26.3 Å². The van der Waals surface area contributed by atoms with Gasteiger partial charge in [0.2, 0.25) is 5.91 Å². The monoisotopic (exact) mass is 320 g/mol. The van der Waals surface area contributed by atoms with Gasteiger partial charge in [0.15, 0.2) is 0 Å². The van der Waals surface area contributed by atoms with Gasteiger partial charge in [0.1, 0.15) is 0 Å². The maximum absolute atomic E-state index is 12.1. The Bertz CT molecular complexity index is 928. The first kappa shape index (κ1) is 16.0. The number of amides is 1. The second-order valence-corrected chi connectivity index (χ2v) is 5.91. The molecule has 0 saturated heterocycles. The number of nitrogens with one attached hydrogen (secondary N) is 2. The largest absolute Gasteiger partial charge is 0.352 e. The number of hydrogen-bond acceptors (Lipinski definition) is 2. The molecule has 1 aromatic heterocycles. The Morgan fingerprint density at radius 1 is 1.04 bits per heavy atom. The molecule has 0 aliphatic heterocycles. The predicted molar refractivity (Wildman–Crippen MR) is 95.9 cm³/mol. The Morgan fingerprint density at radius 2 is 1.79 bits per heavy atom. The van der Waals surface area contributed by atoms with Crippen molar-refractivity contribution >= 4 is 16.8 Å². The molecule has 0 fully saturated rings. The molecule has 0 atom stereocenters. The summed E-state index contributed by atoms with van der Waals surface area (Å²) in [6.07, 6.45) is 0.729. The topological polar surface area (TPSA) is 62.0 Å². The van der Waals surface area contributed by atoms with Crippen LogP contribution in [0.2, 0.25) is 0 Å². The van der Waals surface area contributed by atoms with Crippen LogP contribution in [0, 0.1) is 6.92 Å². The smallest absolute Gasteiger partial charge is 0.251 e. The summed E-state index contributed by atoms with van der Waals surface area (Å²) in [5, 5.41) is 3.89. The van der Waals surface area contributed by atoms with Gasteiger partial charge in [-0.05, 0) is 42.0 Å². The first-order valence-electron chi connectivity index (χ1n) is 8.05. The molecule has 24 heavy (non-hydrogen) atoms. The lowest BCUT2D eigenvalue weighted by molar-refractivity contribution is -0.121.